The summed E-state index contributed by atoms with van der Waals surface area (Å²) in [6, 6.07) is 7.47. The fourth-order valence-electron chi connectivity index (χ4n) is 2.82. The fraction of sp³-hybridized carbons (Fsp3) is 0.632. The molecule has 2 N–H and O–H groups in total. The number of nitrogens with zero attached hydrogens (tertiary/aromatic N) is 2. The van der Waals surface area contributed by atoms with Gasteiger partial charge in [0.15, 0.2) is 0 Å². The second-order valence-electron chi connectivity index (χ2n) is 6.89. The molecule has 0 saturated carbocycles. The summed E-state index contributed by atoms with van der Waals surface area (Å²) in [5.74, 6) is 1.39. The van der Waals surface area contributed by atoms with Crippen LogP contribution in [-0.4, -0.2) is 66.9 Å². The van der Waals surface area contributed by atoms with Crippen LogP contribution in [0.4, 0.5) is 10.5 Å². The van der Waals surface area contributed by atoms with Gasteiger partial charge in [0.05, 0.1) is 13.2 Å². The Morgan fingerprint density at radius 2 is 2.12 bits per heavy atom. The molecule has 1 aromatic rings. The second-order valence-corrected chi connectivity index (χ2v) is 6.89. The number of aliphatic hydroxyl groups excluding tert-OH is 1. The molecule has 1 heterocycles. The Morgan fingerprint density at radius 3 is 2.88 bits per heavy atom. The van der Waals surface area contributed by atoms with Crippen LogP contribution in [0.2, 0.25) is 0 Å². The molecule has 0 atom stereocenters. The Kier molecular flexibility index (Phi) is 8.01. The maximum Gasteiger partial charge on any atom is 0.321 e. The number of rotatable bonds is 7. The zero-order valence-electron chi connectivity index (χ0n) is 15.4. The highest BCUT2D eigenvalue weighted by Crippen LogP contribution is 2.18. The van der Waals surface area contributed by atoms with Crippen molar-refractivity contribution in [3.63, 3.8) is 0 Å². The molecule has 140 valence electrons. The van der Waals surface area contributed by atoms with Gasteiger partial charge in [0, 0.05) is 37.9 Å². The summed E-state index contributed by atoms with van der Waals surface area (Å²) in [7, 11) is 0. The van der Waals surface area contributed by atoms with Crippen molar-refractivity contribution >= 4 is 11.7 Å². The SMILES string of the molecule is CC(C)CCOc1cccc(NC(=O)N2CCCN(CCO)CC2)c1. The molecule has 0 radical (unpaired) electrons. The molecule has 2 amide bonds. The van der Waals surface area contributed by atoms with Crippen molar-refractivity contribution in [2.24, 2.45) is 5.92 Å². The molecule has 1 fully saturated rings. The molecule has 1 saturated heterocycles. The smallest absolute Gasteiger partial charge is 0.321 e. The van der Waals surface area contributed by atoms with Gasteiger partial charge in [0.1, 0.15) is 5.75 Å². The zero-order chi connectivity index (χ0) is 18.1. The number of benzene rings is 1. The highest BCUT2D eigenvalue weighted by Gasteiger charge is 2.18. The van der Waals surface area contributed by atoms with Gasteiger partial charge < -0.3 is 20.1 Å². The van der Waals surface area contributed by atoms with Gasteiger partial charge in [-0.25, -0.2) is 4.79 Å². The maximum absolute atomic E-state index is 12.5. The molecule has 1 aliphatic heterocycles. The molecule has 0 aliphatic carbocycles. The van der Waals surface area contributed by atoms with Gasteiger partial charge in [-0.2, -0.15) is 0 Å². The topological polar surface area (TPSA) is 65.0 Å². The van der Waals surface area contributed by atoms with Gasteiger partial charge in [0.25, 0.3) is 0 Å². The fourth-order valence-corrected chi connectivity index (χ4v) is 2.82. The van der Waals surface area contributed by atoms with Crippen LogP contribution in [0, 0.1) is 5.92 Å². The molecule has 1 aromatic carbocycles. The van der Waals surface area contributed by atoms with E-state index in [0.717, 1.165) is 43.9 Å². The standard InChI is InChI=1S/C19H31N3O3/c1-16(2)7-14-25-18-6-3-5-17(15-18)20-19(24)22-9-4-8-21(10-11-22)12-13-23/h3,5-6,15-16,23H,4,7-14H2,1-2H3,(H,20,24). The third-order valence-electron chi connectivity index (χ3n) is 4.34. The van der Waals surface area contributed by atoms with E-state index >= 15 is 0 Å². The predicted octanol–water partition coefficient (Wildman–Crippen LogP) is 2.64. The first-order valence-corrected chi connectivity index (χ1v) is 9.20. The van der Waals surface area contributed by atoms with Crippen LogP contribution in [0.5, 0.6) is 5.75 Å². The van der Waals surface area contributed by atoms with E-state index in [-0.39, 0.29) is 12.6 Å². The Balaban J connectivity index is 1.85. The lowest BCUT2D eigenvalue weighted by atomic mass is 10.1. The lowest BCUT2D eigenvalue weighted by molar-refractivity contribution is 0.194. The van der Waals surface area contributed by atoms with Crippen molar-refractivity contribution in [3.8, 4) is 5.75 Å². The first-order valence-electron chi connectivity index (χ1n) is 9.20. The van der Waals surface area contributed by atoms with E-state index in [1.165, 1.54) is 0 Å². The number of carbonyl (C=O) groups is 1. The van der Waals surface area contributed by atoms with Crippen LogP contribution in [0.25, 0.3) is 0 Å². The highest BCUT2D eigenvalue weighted by molar-refractivity contribution is 5.89. The number of amides is 2. The summed E-state index contributed by atoms with van der Waals surface area (Å²) in [6.45, 7) is 8.99. The van der Waals surface area contributed by atoms with E-state index in [1.54, 1.807) is 0 Å². The largest absolute Gasteiger partial charge is 0.494 e. The summed E-state index contributed by atoms with van der Waals surface area (Å²) in [5.41, 5.74) is 0.753. The number of hydrogen-bond donors (Lipinski definition) is 2. The van der Waals surface area contributed by atoms with Gasteiger partial charge in [-0.3, -0.25) is 4.90 Å². The zero-order valence-corrected chi connectivity index (χ0v) is 15.4. The first kappa shape index (κ1) is 19.5. The van der Waals surface area contributed by atoms with Crippen molar-refractivity contribution in [3.05, 3.63) is 24.3 Å². The Labute approximate surface area is 150 Å². The van der Waals surface area contributed by atoms with Crippen LogP contribution >= 0.6 is 0 Å². The van der Waals surface area contributed by atoms with Crippen molar-refractivity contribution in [2.45, 2.75) is 26.7 Å². The molecular formula is C19H31N3O3. The maximum atomic E-state index is 12.5. The quantitative estimate of drug-likeness (QED) is 0.794. The van der Waals surface area contributed by atoms with Gasteiger partial charge >= 0.3 is 6.03 Å². The van der Waals surface area contributed by atoms with Crippen LogP contribution in [0.3, 0.4) is 0 Å². The summed E-state index contributed by atoms with van der Waals surface area (Å²) >= 11 is 0. The van der Waals surface area contributed by atoms with E-state index in [1.807, 2.05) is 29.2 Å². The average Bonchev–Trinajstić information content (AvgIpc) is 2.81. The molecule has 0 aromatic heterocycles. The number of urea groups is 1. The van der Waals surface area contributed by atoms with Gasteiger partial charge in [0.2, 0.25) is 0 Å². The minimum atomic E-state index is -0.0785. The molecule has 0 bridgehead atoms. The number of β-amino-alcohol motifs (C(OH)–C–C–N with tert-alkyl or cyclic N) is 1. The molecule has 0 unspecified atom stereocenters. The second kappa shape index (κ2) is 10.3. The Morgan fingerprint density at radius 1 is 1.28 bits per heavy atom. The lowest BCUT2D eigenvalue weighted by Crippen LogP contribution is -2.38. The van der Waals surface area contributed by atoms with Crippen LogP contribution in [0.1, 0.15) is 26.7 Å². The monoisotopic (exact) mass is 349 g/mol. The number of aliphatic hydroxyl groups is 1. The first-order chi connectivity index (χ1) is 12.1. The number of anilines is 1. The predicted molar refractivity (Wildman–Crippen MR) is 100 cm³/mol. The summed E-state index contributed by atoms with van der Waals surface area (Å²) in [4.78, 5) is 16.5. The van der Waals surface area contributed by atoms with Gasteiger partial charge in [-0.05, 0) is 37.4 Å². The highest BCUT2D eigenvalue weighted by atomic mass is 16.5. The lowest BCUT2D eigenvalue weighted by Gasteiger charge is -2.22. The summed E-state index contributed by atoms with van der Waals surface area (Å²) in [5, 5.41) is 12.0. The third kappa shape index (κ3) is 6.92. The third-order valence-corrected chi connectivity index (χ3v) is 4.34. The summed E-state index contributed by atoms with van der Waals surface area (Å²) in [6.07, 6.45) is 1.93. The summed E-state index contributed by atoms with van der Waals surface area (Å²) < 4.78 is 5.75. The van der Waals surface area contributed by atoms with Crippen molar-refractivity contribution in [1.82, 2.24) is 9.80 Å². The van der Waals surface area contributed by atoms with Crippen LogP contribution in [-0.2, 0) is 0 Å². The van der Waals surface area contributed by atoms with Crippen molar-refractivity contribution in [1.29, 1.82) is 0 Å². The minimum absolute atomic E-state index is 0.0785. The number of nitrogens with one attached hydrogen (secondary N) is 1. The molecule has 2 rings (SSSR count). The van der Waals surface area contributed by atoms with E-state index in [0.29, 0.717) is 25.6 Å². The van der Waals surface area contributed by atoms with Crippen molar-refractivity contribution < 1.29 is 14.6 Å². The van der Waals surface area contributed by atoms with E-state index in [2.05, 4.69) is 24.1 Å². The number of ether oxygens (including phenoxy) is 1. The molecular weight excluding hydrogens is 318 g/mol. The van der Waals surface area contributed by atoms with E-state index in [9.17, 15) is 4.79 Å². The van der Waals surface area contributed by atoms with Gasteiger partial charge in [-0.1, -0.05) is 19.9 Å². The van der Waals surface area contributed by atoms with E-state index in [4.69, 9.17) is 9.84 Å². The minimum Gasteiger partial charge on any atom is -0.494 e. The number of hydrogen-bond acceptors (Lipinski definition) is 4. The normalized spacial score (nSPS) is 15.9. The molecule has 25 heavy (non-hydrogen) atoms. The van der Waals surface area contributed by atoms with E-state index < -0.39 is 0 Å². The molecule has 1 aliphatic rings. The van der Waals surface area contributed by atoms with Crippen LogP contribution in [0.15, 0.2) is 24.3 Å². The molecule has 6 nitrogen and oxygen atoms in total. The van der Waals surface area contributed by atoms with Crippen molar-refractivity contribution in [2.75, 3.05) is 51.3 Å². The van der Waals surface area contributed by atoms with Crippen LogP contribution < -0.4 is 10.1 Å². The Bertz CT molecular complexity index is 536. The molecule has 0 spiro atoms. The number of carbonyl (C=O) groups excluding carboxylic acids is 1. The average molecular weight is 349 g/mol. The Hall–Kier alpha value is -1.79. The van der Waals surface area contributed by atoms with Gasteiger partial charge in [-0.15, -0.1) is 0 Å². The molecule has 6 heteroatoms.